The van der Waals surface area contributed by atoms with Crippen LogP contribution in [0.2, 0.25) is 0 Å². The zero-order valence-electron chi connectivity index (χ0n) is 20.3. The Kier molecular flexibility index (Phi) is 6.87. The lowest BCUT2D eigenvalue weighted by Crippen LogP contribution is -2.44. The van der Waals surface area contributed by atoms with Crippen molar-refractivity contribution in [3.8, 4) is 5.75 Å². The molecule has 3 amide bonds. The summed E-state index contributed by atoms with van der Waals surface area (Å²) in [6, 6.07) is 21.6. The van der Waals surface area contributed by atoms with Gasteiger partial charge < -0.3 is 15.5 Å². The lowest BCUT2D eigenvalue weighted by Gasteiger charge is -2.13. The Morgan fingerprint density at radius 1 is 0.946 bits per heavy atom. The fourth-order valence-electron chi connectivity index (χ4n) is 4.63. The first-order valence-electron chi connectivity index (χ1n) is 12.0. The molecular weight excluding hydrogens is 470 g/mol. The zero-order chi connectivity index (χ0) is 25.8. The summed E-state index contributed by atoms with van der Waals surface area (Å²) in [7, 11) is 1.60. The standard InChI is InChI=1S/C28H27N5O4/c1-37-19-15-13-18(14-16-19)25-24-26(32-31-25)20-10-6-11-21(23(20)27(24)35)29-28(36)33-30-22(34)12-5-9-17-7-3-2-4-8-17/h2-4,6-8,10-11,13-16,26,31-32H,5,9,12H2,1H3,(H,30,34)(H2,29,33,36). The molecule has 1 aliphatic carbocycles. The van der Waals surface area contributed by atoms with Crippen molar-refractivity contribution in [1.29, 1.82) is 0 Å². The van der Waals surface area contributed by atoms with Gasteiger partial charge in [0.2, 0.25) is 5.91 Å². The first-order chi connectivity index (χ1) is 18.0. The highest BCUT2D eigenvalue weighted by molar-refractivity contribution is 6.22. The number of anilines is 1. The second kappa shape index (κ2) is 10.5. The lowest BCUT2D eigenvalue weighted by molar-refractivity contribution is -0.121. The number of fused-ring (bicyclic) bond motifs is 3. The summed E-state index contributed by atoms with van der Waals surface area (Å²) in [4.78, 5) is 38.1. The second-order valence-corrected chi connectivity index (χ2v) is 8.78. The number of hydrazine groups is 2. The SMILES string of the molecule is COc1ccc(C2=C3C(=O)c4c(NC(=O)NNC(=O)CCCc5ccccc5)cccc4C3NN2)cc1. The number of carbonyl (C=O) groups excluding carboxylic acids is 3. The number of nitrogens with one attached hydrogen (secondary N) is 5. The van der Waals surface area contributed by atoms with Gasteiger partial charge in [0.1, 0.15) is 5.75 Å². The third kappa shape index (κ3) is 5.03. The number of benzene rings is 3. The summed E-state index contributed by atoms with van der Waals surface area (Å²) in [5.41, 5.74) is 15.9. The van der Waals surface area contributed by atoms with E-state index >= 15 is 0 Å². The summed E-state index contributed by atoms with van der Waals surface area (Å²) in [6.07, 6.45) is 1.71. The van der Waals surface area contributed by atoms with Crippen LogP contribution in [-0.4, -0.2) is 24.8 Å². The third-order valence-electron chi connectivity index (χ3n) is 6.43. The van der Waals surface area contributed by atoms with E-state index < -0.39 is 6.03 Å². The monoisotopic (exact) mass is 497 g/mol. The highest BCUT2D eigenvalue weighted by Gasteiger charge is 2.42. The first kappa shape index (κ1) is 24.1. The molecule has 9 nitrogen and oxygen atoms in total. The summed E-state index contributed by atoms with van der Waals surface area (Å²) < 4.78 is 5.22. The van der Waals surface area contributed by atoms with E-state index in [-0.39, 0.29) is 24.2 Å². The fraction of sp³-hybridized carbons (Fsp3) is 0.179. The second-order valence-electron chi connectivity index (χ2n) is 8.78. The Bertz CT molecular complexity index is 1370. The van der Waals surface area contributed by atoms with Gasteiger partial charge in [-0.2, -0.15) is 0 Å². The fourth-order valence-corrected chi connectivity index (χ4v) is 4.63. The lowest BCUT2D eigenvalue weighted by atomic mass is 10.0. The highest BCUT2D eigenvalue weighted by Crippen LogP contribution is 2.44. The van der Waals surface area contributed by atoms with Crippen molar-refractivity contribution in [3.05, 3.63) is 101 Å². The Morgan fingerprint density at radius 2 is 1.73 bits per heavy atom. The van der Waals surface area contributed by atoms with Gasteiger partial charge in [-0.25, -0.2) is 15.6 Å². The van der Waals surface area contributed by atoms with Crippen LogP contribution in [0.15, 0.2) is 78.4 Å². The maximum Gasteiger partial charge on any atom is 0.337 e. The van der Waals surface area contributed by atoms with Gasteiger partial charge in [0, 0.05) is 12.0 Å². The van der Waals surface area contributed by atoms with Crippen LogP contribution in [0.25, 0.3) is 5.70 Å². The molecule has 5 rings (SSSR count). The van der Waals surface area contributed by atoms with Crippen molar-refractivity contribution in [3.63, 3.8) is 0 Å². The molecule has 0 spiro atoms. The number of carbonyl (C=O) groups is 3. The van der Waals surface area contributed by atoms with E-state index in [2.05, 4.69) is 27.0 Å². The number of methoxy groups -OCH3 is 1. The minimum Gasteiger partial charge on any atom is -0.497 e. The number of ketones is 1. The molecule has 37 heavy (non-hydrogen) atoms. The topological polar surface area (TPSA) is 121 Å². The Morgan fingerprint density at radius 3 is 2.49 bits per heavy atom. The van der Waals surface area contributed by atoms with Crippen LogP contribution >= 0.6 is 0 Å². The van der Waals surface area contributed by atoms with Crippen molar-refractivity contribution in [2.24, 2.45) is 0 Å². The van der Waals surface area contributed by atoms with Crippen molar-refractivity contribution in [2.45, 2.75) is 25.3 Å². The minimum atomic E-state index is -0.634. The van der Waals surface area contributed by atoms with Gasteiger partial charge in [0.05, 0.1) is 30.1 Å². The van der Waals surface area contributed by atoms with E-state index in [4.69, 9.17) is 4.74 Å². The molecule has 188 valence electrons. The maximum absolute atomic E-state index is 13.5. The van der Waals surface area contributed by atoms with Gasteiger partial charge in [-0.1, -0.05) is 42.5 Å². The molecule has 9 heteroatoms. The third-order valence-corrected chi connectivity index (χ3v) is 6.43. The molecular formula is C28H27N5O4. The number of urea groups is 1. The summed E-state index contributed by atoms with van der Waals surface area (Å²) in [5, 5.41) is 2.70. The number of hydrogen-bond acceptors (Lipinski definition) is 6. The molecule has 0 aromatic heterocycles. The zero-order valence-corrected chi connectivity index (χ0v) is 20.3. The average molecular weight is 498 g/mol. The summed E-state index contributed by atoms with van der Waals surface area (Å²) in [6.45, 7) is 0. The van der Waals surface area contributed by atoms with E-state index in [0.717, 1.165) is 28.9 Å². The van der Waals surface area contributed by atoms with Crippen molar-refractivity contribution < 1.29 is 19.1 Å². The van der Waals surface area contributed by atoms with Crippen molar-refractivity contribution in [1.82, 2.24) is 21.7 Å². The molecule has 1 heterocycles. The van der Waals surface area contributed by atoms with Gasteiger partial charge in [0.15, 0.2) is 5.78 Å². The molecule has 0 fully saturated rings. The number of rotatable bonds is 7. The molecule has 3 aromatic carbocycles. The molecule has 1 unspecified atom stereocenters. The molecule has 1 atom stereocenters. The van der Waals surface area contributed by atoms with E-state index in [1.54, 1.807) is 19.2 Å². The van der Waals surface area contributed by atoms with Gasteiger partial charge >= 0.3 is 6.03 Å². The number of Topliss-reactive ketones (excluding diaryl/α,β-unsaturated/α-hetero) is 1. The van der Waals surface area contributed by atoms with Crippen molar-refractivity contribution in [2.75, 3.05) is 12.4 Å². The molecule has 2 aliphatic rings. The van der Waals surface area contributed by atoms with Crippen LogP contribution in [0.3, 0.4) is 0 Å². The Labute approximate surface area is 214 Å². The van der Waals surface area contributed by atoms with E-state index in [9.17, 15) is 14.4 Å². The molecule has 3 aromatic rings. The van der Waals surface area contributed by atoms with Gasteiger partial charge in [-0.3, -0.25) is 15.0 Å². The molecule has 0 bridgehead atoms. The minimum absolute atomic E-state index is 0.177. The molecule has 0 saturated heterocycles. The average Bonchev–Trinajstić information content (AvgIpc) is 3.48. The van der Waals surface area contributed by atoms with Crippen LogP contribution in [0, 0.1) is 0 Å². The summed E-state index contributed by atoms with van der Waals surface area (Å²) >= 11 is 0. The number of amides is 3. The normalized spacial score (nSPS) is 15.5. The van der Waals surface area contributed by atoms with E-state index in [0.29, 0.717) is 28.9 Å². The number of aryl methyl sites for hydroxylation is 1. The predicted octanol–water partition coefficient (Wildman–Crippen LogP) is 3.63. The number of ether oxygens (including phenoxy) is 1. The van der Waals surface area contributed by atoms with Crippen molar-refractivity contribution >= 4 is 29.1 Å². The quantitative estimate of drug-likeness (QED) is 0.318. The predicted molar refractivity (Wildman–Crippen MR) is 139 cm³/mol. The smallest absolute Gasteiger partial charge is 0.337 e. The van der Waals surface area contributed by atoms with Crippen LogP contribution in [-0.2, 0) is 11.2 Å². The summed E-state index contributed by atoms with van der Waals surface area (Å²) in [5.74, 6) is 0.252. The molecule has 1 aliphatic heterocycles. The van der Waals surface area contributed by atoms with Crippen LogP contribution in [0.5, 0.6) is 5.75 Å². The molecule has 5 N–H and O–H groups in total. The Hall–Kier alpha value is -4.63. The first-order valence-corrected chi connectivity index (χ1v) is 12.0. The van der Waals surface area contributed by atoms with Crippen LogP contribution < -0.4 is 31.8 Å². The highest BCUT2D eigenvalue weighted by atomic mass is 16.5. The maximum atomic E-state index is 13.5. The number of hydrogen-bond donors (Lipinski definition) is 5. The van der Waals surface area contributed by atoms with Crippen LogP contribution in [0.4, 0.5) is 10.5 Å². The van der Waals surface area contributed by atoms with Crippen LogP contribution in [0.1, 0.15) is 45.9 Å². The van der Waals surface area contributed by atoms with E-state index in [1.807, 2.05) is 60.7 Å². The largest absolute Gasteiger partial charge is 0.497 e. The Balaban J connectivity index is 1.22. The molecule has 0 radical (unpaired) electrons. The van der Waals surface area contributed by atoms with Gasteiger partial charge in [0.25, 0.3) is 0 Å². The van der Waals surface area contributed by atoms with Gasteiger partial charge in [-0.05, 0) is 59.9 Å². The van der Waals surface area contributed by atoms with Gasteiger partial charge in [-0.15, -0.1) is 0 Å². The van der Waals surface area contributed by atoms with E-state index in [1.165, 1.54) is 0 Å². The molecule has 0 saturated carbocycles.